The van der Waals surface area contributed by atoms with Gasteiger partial charge in [0.15, 0.2) is 0 Å². The van der Waals surface area contributed by atoms with E-state index >= 15 is 0 Å². The first-order valence-electron chi connectivity index (χ1n) is 11.3. The highest BCUT2D eigenvalue weighted by Gasteiger charge is 2.35. The Hall–Kier alpha value is -2.61. The Labute approximate surface area is 173 Å². The van der Waals surface area contributed by atoms with Crippen LogP contribution < -0.4 is 0 Å². The van der Waals surface area contributed by atoms with Crippen molar-refractivity contribution in [2.24, 2.45) is 11.8 Å². The van der Waals surface area contributed by atoms with Crippen LogP contribution >= 0.6 is 0 Å². The second-order valence-electron chi connectivity index (χ2n) is 9.08. The summed E-state index contributed by atoms with van der Waals surface area (Å²) in [5.74, 6) is 1.48. The van der Waals surface area contributed by atoms with E-state index in [0.29, 0.717) is 12.0 Å². The number of hydrogen-bond donors (Lipinski definition) is 0. The van der Waals surface area contributed by atoms with Crippen LogP contribution in [0.4, 0.5) is 0 Å². The molecule has 0 N–H and O–H groups in total. The van der Waals surface area contributed by atoms with Gasteiger partial charge in [-0.15, -0.1) is 0 Å². The van der Waals surface area contributed by atoms with E-state index in [0.717, 1.165) is 18.8 Å². The van der Waals surface area contributed by atoms with Crippen molar-refractivity contribution < 1.29 is 0 Å². The molecule has 1 aromatic carbocycles. The van der Waals surface area contributed by atoms with Crippen LogP contribution in [-0.4, -0.2) is 9.55 Å². The molecule has 2 nitrogen and oxygen atoms in total. The van der Waals surface area contributed by atoms with E-state index in [1.54, 1.807) is 0 Å². The second-order valence-corrected chi connectivity index (χ2v) is 9.08. The summed E-state index contributed by atoms with van der Waals surface area (Å²) in [6, 6.07) is 13.8. The monoisotopic (exact) mass is 380 g/mol. The number of allylic oxidation sites excluding steroid dienone is 4. The summed E-state index contributed by atoms with van der Waals surface area (Å²) in [5, 5.41) is 1.38. The van der Waals surface area contributed by atoms with E-state index in [2.05, 4.69) is 70.4 Å². The van der Waals surface area contributed by atoms with E-state index < -0.39 is 0 Å². The molecule has 0 radical (unpaired) electrons. The van der Waals surface area contributed by atoms with E-state index in [1.165, 1.54) is 65.4 Å². The van der Waals surface area contributed by atoms with Crippen LogP contribution in [0.2, 0.25) is 0 Å². The van der Waals surface area contributed by atoms with E-state index in [9.17, 15) is 0 Å². The van der Waals surface area contributed by atoms with Crippen LogP contribution in [0.5, 0.6) is 0 Å². The van der Waals surface area contributed by atoms with Crippen LogP contribution in [0, 0.1) is 11.8 Å². The molecule has 2 aromatic heterocycles. The van der Waals surface area contributed by atoms with Crippen molar-refractivity contribution in [3.8, 4) is 0 Å². The van der Waals surface area contributed by atoms with Gasteiger partial charge in [0.2, 0.25) is 0 Å². The van der Waals surface area contributed by atoms with Gasteiger partial charge >= 0.3 is 0 Å². The first-order valence-corrected chi connectivity index (χ1v) is 11.3. The highest BCUT2D eigenvalue weighted by atomic mass is 15.0. The molecular formula is C27H28N2. The van der Waals surface area contributed by atoms with Crippen LogP contribution in [0.15, 0.2) is 67.0 Å². The minimum atomic E-state index is 0.594. The predicted molar refractivity (Wildman–Crippen MR) is 120 cm³/mol. The number of hydrogen-bond acceptors (Lipinski definition) is 1. The van der Waals surface area contributed by atoms with E-state index in [1.807, 2.05) is 6.20 Å². The molecule has 146 valence electrons. The number of benzene rings is 1. The molecule has 0 saturated heterocycles. The topological polar surface area (TPSA) is 17.8 Å². The maximum atomic E-state index is 4.46. The van der Waals surface area contributed by atoms with Crippen molar-refractivity contribution in [2.45, 2.75) is 51.0 Å². The summed E-state index contributed by atoms with van der Waals surface area (Å²) in [6.07, 6.45) is 20.3. The molecule has 0 bridgehead atoms. The minimum Gasteiger partial charge on any atom is -0.336 e. The second kappa shape index (κ2) is 7.02. The van der Waals surface area contributed by atoms with Crippen molar-refractivity contribution >= 4 is 16.5 Å². The van der Waals surface area contributed by atoms with Crippen molar-refractivity contribution in [1.82, 2.24) is 9.55 Å². The lowest BCUT2D eigenvalue weighted by molar-refractivity contribution is 0.214. The summed E-state index contributed by atoms with van der Waals surface area (Å²) in [4.78, 5) is 4.46. The average Bonchev–Trinajstić information content (AvgIpc) is 3.02. The molecular weight excluding hydrogens is 352 g/mol. The average molecular weight is 381 g/mol. The summed E-state index contributed by atoms with van der Waals surface area (Å²) < 4.78 is 2.70. The quantitative estimate of drug-likeness (QED) is 0.505. The SMILES string of the molecule is C1=CC2CC(CCc3ccccc3)CCC2n2c3c(c4cnccc42)CCC=C13. The maximum Gasteiger partial charge on any atom is 0.0524 e. The third kappa shape index (κ3) is 2.88. The Kier molecular flexibility index (Phi) is 4.18. The Morgan fingerprint density at radius 2 is 2.00 bits per heavy atom. The molecule has 2 aliphatic carbocycles. The Morgan fingerprint density at radius 1 is 1.07 bits per heavy atom. The van der Waals surface area contributed by atoms with E-state index in [-0.39, 0.29) is 0 Å². The minimum absolute atomic E-state index is 0.594. The fourth-order valence-electron chi connectivity index (χ4n) is 6.06. The predicted octanol–water partition coefficient (Wildman–Crippen LogP) is 6.53. The molecule has 3 aromatic rings. The molecule has 2 heteroatoms. The lowest BCUT2D eigenvalue weighted by atomic mass is 9.75. The number of pyridine rings is 1. The molecule has 0 spiro atoms. The van der Waals surface area contributed by atoms with Crippen molar-refractivity contribution in [3.05, 3.63) is 83.8 Å². The molecule has 0 amide bonds. The fraction of sp³-hybridized carbons (Fsp3) is 0.370. The van der Waals surface area contributed by atoms with Gasteiger partial charge < -0.3 is 4.57 Å². The number of rotatable bonds is 3. The van der Waals surface area contributed by atoms with Crippen molar-refractivity contribution in [3.63, 3.8) is 0 Å². The number of nitrogens with zero attached hydrogens (tertiary/aromatic N) is 2. The number of aryl methyl sites for hydroxylation is 2. The first-order chi connectivity index (χ1) is 14.4. The normalized spacial score (nSPS) is 25.2. The summed E-state index contributed by atoms with van der Waals surface area (Å²) in [5.41, 5.74) is 7.35. The Morgan fingerprint density at radius 3 is 2.93 bits per heavy atom. The standard InChI is InChI=1S/C27H28N2/c1-2-5-19(6-3-1)9-10-20-11-14-25-22(17-20)13-12-21-7-4-8-23-24-18-28-16-15-26(24)29(25)27(21)23/h1-3,5-7,12-13,15-16,18,20,22,25H,4,8-11,14,17H2. The molecule has 3 atom stereocenters. The van der Waals surface area contributed by atoms with Crippen LogP contribution in [0.1, 0.15) is 55.0 Å². The van der Waals surface area contributed by atoms with Gasteiger partial charge in [0.05, 0.1) is 11.2 Å². The van der Waals surface area contributed by atoms with Gasteiger partial charge in [0.25, 0.3) is 0 Å². The lowest BCUT2D eigenvalue weighted by Crippen LogP contribution is -2.27. The zero-order valence-electron chi connectivity index (χ0n) is 16.9. The van der Waals surface area contributed by atoms with Gasteiger partial charge in [-0.1, -0.05) is 48.6 Å². The van der Waals surface area contributed by atoms with Crippen LogP contribution in [-0.2, 0) is 12.8 Å². The molecule has 1 fully saturated rings. The molecule has 3 aliphatic rings. The molecule has 3 heterocycles. The first kappa shape index (κ1) is 17.3. The number of fused-ring (bicyclic) bond motifs is 5. The fourth-order valence-corrected chi connectivity index (χ4v) is 6.06. The third-order valence-corrected chi connectivity index (χ3v) is 7.45. The summed E-state index contributed by atoms with van der Waals surface area (Å²) in [6.45, 7) is 0. The largest absolute Gasteiger partial charge is 0.336 e. The van der Waals surface area contributed by atoms with Gasteiger partial charge in [-0.2, -0.15) is 0 Å². The zero-order chi connectivity index (χ0) is 19.2. The van der Waals surface area contributed by atoms with Gasteiger partial charge in [0, 0.05) is 23.8 Å². The molecule has 1 aliphatic heterocycles. The lowest BCUT2D eigenvalue weighted by Gasteiger charge is -2.36. The van der Waals surface area contributed by atoms with Gasteiger partial charge in [-0.25, -0.2) is 0 Å². The van der Waals surface area contributed by atoms with Crippen LogP contribution in [0.3, 0.4) is 0 Å². The summed E-state index contributed by atoms with van der Waals surface area (Å²) in [7, 11) is 0. The maximum absolute atomic E-state index is 4.46. The molecule has 29 heavy (non-hydrogen) atoms. The highest BCUT2D eigenvalue weighted by molar-refractivity contribution is 5.92. The molecule has 1 saturated carbocycles. The third-order valence-electron chi connectivity index (χ3n) is 7.45. The Bertz CT molecular complexity index is 1100. The molecule has 6 rings (SSSR count). The summed E-state index contributed by atoms with van der Waals surface area (Å²) >= 11 is 0. The van der Waals surface area contributed by atoms with Gasteiger partial charge in [0.1, 0.15) is 0 Å². The van der Waals surface area contributed by atoms with Crippen molar-refractivity contribution in [2.75, 3.05) is 0 Å². The molecule has 3 unspecified atom stereocenters. The zero-order valence-corrected chi connectivity index (χ0v) is 16.9. The van der Waals surface area contributed by atoms with Crippen molar-refractivity contribution in [1.29, 1.82) is 0 Å². The smallest absolute Gasteiger partial charge is 0.0524 e. The Balaban J connectivity index is 1.33. The highest BCUT2D eigenvalue weighted by Crippen LogP contribution is 2.47. The number of aromatic nitrogens is 2. The van der Waals surface area contributed by atoms with Gasteiger partial charge in [-0.3, -0.25) is 4.98 Å². The van der Waals surface area contributed by atoms with Crippen LogP contribution in [0.25, 0.3) is 16.5 Å². The van der Waals surface area contributed by atoms with E-state index in [4.69, 9.17) is 0 Å². The van der Waals surface area contributed by atoms with Gasteiger partial charge in [-0.05, 0) is 79.5 Å².